The zero-order chi connectivity index (χ0) is 53.6. The minimum atomic E-state index is -0.837. The van der Waals surface area contributed by atoms with Crippen LogP contribution in [0.4, 0.5) is 0 Å². The fourth-order valence-corrected chi connectivity index (χ4v) is 7.67. The van der Waals surface area contributed by atoms with Crippen molar-refractivity contribution in [2.45, 2.75) is 252 Å². The summed E-state index contributed by atoms with van der Waals surface area (Å²) in [6.45, 7) is 6.31. The van der Waals surface area contributed by atoms with Crippen molar-refractivity contribution < 1.29 is 28.6 Å². The molecular weight excluding hydrogens is 913 g/mol. The summed E-state index contributed by atoms with van der Waals surface area (Å²) in [5, 5.41) is 0. The summed E-state index contributed by atoms with van der Waals surface area (Å²) in [7, 11) is 0. The first-order valence-corrected chi connectivity index (χ1v) is 29.8. The molecule has 0 aliphatic carbocycles. The van der Waals surface area contributed by atoms with Gasteiger partial charge in [0.2, 0.25) is 0 Å². The van der Waals surface area contributed by atoms with Crippen molar-refractivity contribution in [1.82, 2.24) is 0 Å². The van der Waals surface area contributed by atoms with Crippen molar-refractivity contribution in [3.05, 3.63) is 146 Å². The minimum Gasteiger partial charge on any atom is -0.462 e. The lowest BCUT2D eigenvalue weighted by molar-refractivity contribution is -0.166. The Balaban J connectivity index is 4.60. The highest BCUT2D eigenvalue weighted by atomic mass is 16.6. The Morgan fingerprint density at radius 2 is 0.554 bits per heavy atom. The zero-order valence-corrected chi connectivity index (χ0v) is 47.5. The predicted molar refractivity (Wildman–Crippen MR) is 320 cm³/mol. The number of ether oxygens (including phenoxy) is 3. The zero-order valence-electron chi connectivity index (χ0n) is 47.5. The van der Waals surface area contributed by atoms with E-state index in [1.54, 1.807) is 0 Å². The molecule has 6 nitrogen and oxygen atoms in total. The Hall–Kier alpha value is -4.71. The van der Waals surface area contributed by atoms with Crippen LogP contribution in [-0.4, -0.2) is 37.2 Å². The third-order valence-electron chi connectivity index (χ3n) is 12.1. The van der Waals surface area contributed by atoms with Gasteiger partial charge in [0.25, 0.3) is 0 Å². The van der Waals surface area contributed by atoms with Crippen LogP contribution in [0.15, 0.2) is 146 Å². The summed E-state index contributed by atoms with van der Waals surface area (Å²) < 4.78 is 16.8. The van der Waals surface area contributed by atoms with E-state index in [9.17, 15) is 14.4 Å². The van der Waals surface area contributed by atoms with Gasteiger partial charge < -0.3 is 14.2 Å². The van der Waals surface area contributed by atoms with E-state index in [0.29, 0.717) is 19.3 Å². The summed E-state index contributed by atoms with van der Waals surface area (Å²) >= 11 is 0. The molecule has 0 aromatic rings. The monoisotopic (exact) mass is 1020 g/mol. The summed E-state index contributed by atoms with van der Waals surface area (Å²) in [4.78, 5) is 38.2. The Kier molecular flexibility index (Phi) is 57.0. The number of hydrogen-bond donors (Lipinski definition) is 0. The van der Waals surface area contributed by atoms with Crippen molar-refractivity contribution in [2.75, 3.05) is 13.2 Å². The average molecular weight is 1020 g/mol. The molecule has 0 heterocycles. The standard InChI is InChI=1S/C68H108O6/c1-4-7-10-13-16-19-22-25-28-31-34-37-40-43-46-49-52-55-58-61-67(70)73-64-65(63-72-66(69)60-57-54-51-48-45-42-39-36-33-30-27-24-21-18-15-12-9-6-3)74-68(71)62-59-56-53-50-47-44-41-38-35-32-29-26-23-20-17-14-11-8-5-2/h7-8,10-11,16-17,19-20,25-26,28-29,34-39,43-44,46-47,52,55,65H,4-6,9,12-15,18,21-24,27,30-33,40-42,45,48-51,53-54,56-64H2,1-3H3/b10-7-,11-8-,19-16-,20-17-,28-25-,29-26-,37-34-,38-35-,39-36-,46-43-,47-44-,55-52-. The quantitative estimate of drug-likeness (QED) is 0.0261. The van der Waals surface area contributed by atoms with Gasteiger partial charge in [0.15, 0.2) is 6.10 Å². The number of unbranched alkanes of at least 4 members (excludes halogenated alkanes) is 17. The molecule has 0 saturated heterocycles. The van der Waals surface area contributed by atoms with Crippen molar-refractivity contribution in [3.63, 3.8) is 0 Å². The van der Waals surface area contributed by atoms with E-state index in [0.717, 1.165) is 122 Å². The van der Waals surface area contributed by atoms with Crippen molar-refractivity contribution in [2.24, 2.45) is 0 Å². The van der Waals surface area contributed by atoms with E-state index in [2.05, 4.69) is 154 Å². The average Bonchev–Trinajstić information content (AvgIpc) is 3.40. The van der Waals surface area contributed by atoms with Gasteiger partial charge in [-0.25, -0.2) is 0 Å². The molecule has 0 radical (unpaired) electrons. The summed E-state index contributed by atoms with van der Waals surface area (Å²) in [6.07, 6.45) is 87.1. The number of esters is 3. The maximum atomic E-state index is 12.9. The van der Waals surface area contributed by atoms with Crippen LogP contribution in [0.5, 0.6) is 0 Å². The molecule has 1 unspecified atom stereocenters. The van der Waals surface area contributed by atoms with Crippen LogP contribution in [0.2, 0.25) is 0 Å². The molecule has 0 amide bonds. The Morgan fingerprint density at radius 1 is 0.284 bits per heavy atom. The molecule has 0 aromatic heterocycles. The molecule has 0 fully saturated rings. The van der Waals surface area contributed by atoms with Crippen molar-refractivity contribution >= 4 is 17.9 Å². The molecule has 6 heteroatoms. The highest BCUT2D eigenvalue weighted by molar-refractivity contribution is 5.71. The Bertz CT molecular complexity index is 1640. The molecule has 416 valence electrons. The first kappa shape index (κ1) is 69.3. The number of hydrogen-bond acceptors (Lipinski definition) is 6. The molecule has 0 aliphatic heterocycles. The second-order valence-corrected chi connectivity index (χ2v) is 19.1. The molecule has 0 saturated carbocycles. The third-order valence-corrected chi connectivity index (χ3v) is 12.1. The van der Waals surface area contributed by atoms with E-state index in [1.165, 1.54) is 70.6 Å². The van der Waals surface area contributed by atoms with E-state index in [4.69, 9.17) is 14.2 Å². The van der Waals surface area contributed by atoms with Crippen LogP contribution >= 0.6 is 0 Å². The number of rotatable bonds is 52. The maximum absolute atomic E-state index is 12.9. The summed E-state index contributed by atoms with van der Waals surface area (Å²) in [5.41, 5.74) is 0. The lowest BCUT2D eigenvalue weighted by Gasteiger charge is -2.18. The first-order valence-electron chi connectivity index (χ1n) is 29.8. The second kappa shape index (κ2) is 60.8. The van der Waals surface area contributed by atoms with Crippen LogP contribution in [-0.2, 0) is 28.6 Å². The molecule has 0 rings (SSSR count). The third kappa shape index (κ3) is 58.2. The summed E-state index contributed by atoms with van der Waals surface area (Å²) in [5.74, 6) is -1.06. The number of allylic oxidation sites excluding steroid dienone is 24. The predicted octanol–water partition coefficient (Wildman–Crippen LogP) is 20.4. The van der Waals surface area contributed by atoms with E-state index < -0.39 is 6.10 Å². The smallest absolute Gasteiger partial charge is 0.306 e. The fourth-order valence-electron chi connectivity index (χ4n) is 7.67. The van der Waals surface area contributed by atoms with Crippen LogP contribution < -0.4 is 0 Å². The van der Waals surface area contributed by atoms with Crippen LogP contribution in [0.3, 0.4) is 0 Å². The van der Waals surface area contributed by atoms with Crippen LogP contribution in [0, 0.1) is 0 Å². The molecule has 0 aliphatic rings. The van der Waals surface area contributed by atoms with Gasteiger partial charge in [-0.15, -0.1) is 0 Å². The Labute approximate surface area is 455 Å². The molecule has 0 aromatic carbocycles. The molecule has 74 heavy (non-hydrogen) atoms. The lowest BCUT2D eigenvalue weighted by Crippen LogP contribution is -2.30. The van der Waals surface area contributed by atoms with Gasteiger partial charge in [-0.2, -0.15) is 0 Å². The van der Waals surface area contributed by atoms with E-state index in [-0.39, 0.29) is 44.0 Å². The summed E-state index contributed by atoms with van der Waals surface area (Å²) in [6, 6.07) is 0. The molecule has 0 N–H and O–H groups in total. The molecule has 0 spiro atoms. The first-order chi connectivity index (χ1) is 36.5. The SMILES string of the molecule is CC/C=C\C/C=C\C/C=C\C/C=C\C/C=C\C/C=C\CCC(=O)OCC(COC(=O)CCCCCCC/C=C\CCCCCCCCCCC)OC(=O)CCCCC/C=C\C/C=C\C/C=C\C/C=C\C/C=C\CC. The highest BCUT2D eigenvalue weighted by Gasteiger charge is 2.19. The lowest BCUT2D eigenvalue weighted by atomic mass is 10.1. The molecule has 0 bridgehead atoms. The molecule has 1 atom stereocenters. The molecular formula is C68H108O6. The van der Waals surface area contributed by atoms with Gasteiger partial charge in [0.05, 0.1) is 0 Å². The fraction of sp³-hybridized carbons (Fsp3) is 0.603. The maximum Gasteiger partial charge on any atom is 0.306 e. The van der Waals surface area contributed by atoms with Gasteiger partial charge >= 0.3 is 17.9 Å². The normalized spacial score (nSPS) is 13.2. The van der Waals surface area contributed by atoms with Gasteiger partial charge in [-0.1, -0.05) is 244 Å². The Morgan fingerprint density at radius 3 is 0.932 bits per heavy atom. The highest BCUT2D eigenvalue weighted by Crippen LogP contribution is 2.13. The van der Waals surface area contributed by atoms with Gasteiger partial charge in [-0.05, 0) is 128 Å². The largest absolute Gasteiger partial charge is 0.462 e. The number of carbonyl (C=O) groups excluding carboxylic acids is 3. The van der Waals surface area contributed by atoms with Crippen LogP contribution in [0.25, 0.3) is 0 Å². The van der Waals surface area contributed by atoms with Gasteiger partial charge in [-0.3, -0.25) is 14.4 Å². The minimum absolute atomic E-state index is 0.125. The topological polar surface area (TPSA) is 78.9 Å². The van der Waals surface area contributed by atoms with Crippen molar-refractivity contribution in [1.29, 1.82) is 0 Å². The second-order valence-electron chi connectivity index (χ2n) is 19.1. The number of carbonyl (C=O) groups is 3. The van der Waals surface area contributed by atoms with Crippen molar-refractivity contribution in [3.8, 4) is 0 Å². The van der Waals surface area contributed by atoms with E-state index in [1.807, 2.05) is 12.2 Å². The van der Waals surface area contributed by atoms with E-state index >= 15 is 0 Å². The van der Waals surface area contributed by atoms with Gasteiger partial charge in [0, 0.05) is 19.3 Å². The van der Waals surface area contributed by atoms with Crippen LogP contribution in [0.1, 0.15) is 245 Å². The van der Waals surface area contributed by atoms with Gasteiger partial charge in [0.1, 0.15) is 13.2 Å².